The Morgan fingerprint density at radius 1 is 1.04 bits per heavy atom. The van der Waals surface area contributed by atoms with Crippen LogP contribution in [0.5, 0.6) is 0 Å². The van der Waals surface area contributed by atoms with Gasteiger partial charge in [-0.15, -0.1) is 0 Å². The first-order valence-corrected chi connectivity index (χ1v) is 9.68. The Balaban J connectivity index is 1.76. The second kappa shape index (κ2) is 6.84. The van der Waals surface area contributed by atoms with Gasteiger partial charge in [0.05, 0.1) is 17.4 Å². The molecule has 0 saturated carbocycles. The lowest BCUT2D eigenvalue weighted by molar-refractivity contribution is -0.119. The minimum atomic E-state index is -3.69. The number of primary amides is 1. The Hall–Kier alpha value is -3.20. The molecule has 9 heteroatoms. The summed E-state index contributed by atoms with van der Waals surface area (Å²) in [5.74, 6) is -2.29. The van der Waals surface area contributed by atoms with Crippen LogP contribution in [-0.4, -0.2) is 31.9 Å². The lowest BCUT2D eigenvalue weighted by Crippen LogP contribution is -2.30. The number of amides is 3. The van der Waals surface area contributed by atoms with Gasteiger partial charge in [-0.2, -0.15) is 0 Å². The summed E-state index contributed by atoms with van der Waals surface area (Å²) in [6.07, 6.45) is 0. The zero-order chi connectivity index (χ0) is 19.8. The third-order valence-corrected chi connectivity index (χ3v) is 6.02. The maximum Gasteiger partial charge on any atom is 0.255 e. The third-order valence-electron chi connectivity index (χ3n) is 4.15. The molecule has 0 aliphatic carbocycles. The monoisotopic (exact) mass is 387 g/mol. The molecule has 0 radical (unpaired) electrons. The van der Waals surface area contributed by atoms with E-state index in [0.29, 0.717) is 11.3 Å². The highest BCUT2D eigenvalue weighted by Crippen LogP contribution is 2.28. The number of sulfonamides is 1. The molecule has 0 unspecified atom stereocenters. The highest BCUT2D eigenvalue weighted by Gasteiger charge is 2.41. The van der Waals surface area contributed by atoms with Crippen molar-refractivity contribution in [3.8, 4) is 0 Å². The van der Waals surface area contributed by atoms with Crippen molar-refractivity contribution in [1.29, 1.82) is 0 Å². The van der Waals surface area contributed by atoms with Crippen LogP contribution in [0.1, 0.15) is 27.6 Å². The molecule has 140 valence electrons. The summed E-state index contributed by atoms with van der Waals surface area (Å²) in [6, 6.07) is 11.8. The number of carbonyl (C=O) groups excluding carboxylic acids is 3. The number of nitrogens with zero attached hydrogens (tertiary/aromatic N) is 1. The standard InChI is InChI=1S/C18H17N3O5S/c1-11-10-27(25,26)21(18(11)24)15-8-4-13(5-9-15)17(23)20-14-6-2-12(3-7-14)16(19)22/h2-9,11H,10H2,1H3,(H2,19,22)(H,20,23)/t11-/m1/s1. The van der Waals surface area contributed by atoms with Gasteiger partial charge in [-0.3, -0.25) is 14.4 Å². The quantitative estimate of drug-likeness (QED) is 0.819. The van der Waals surface area contributed by atoms with Crippen molar-refractivity contribution < 1.29 is 22.8 Å². The van der Waals surface area contributed by atoms with Crippen LogP contribution in [0, 0.1) is 5.92 Å². The van der Waals surface area contributed by atoms with Gasteiger partial charge in [0.2, 0.25) is 21.8 Å². The van der Waals surface area contributed by atoms with Crippen LogP contribution < -0.4 is 15.4 Å². The fourth-order valence-electron chi connectivity index (χ4n) is 2.76. The molecule has 1 saturated heterocycles. The fraction of sp³-hybridized carbons (Fsp3) is 0.167. The molecule has 2 aromatic carbocycles. The van der Waals surface area contributed by atoms with Gasteiger partial charge in [0.25, 0.3) is 5.91 Å². The van der Waals surface area contributed by atoms with E-state index in [-0.39, 0.29) is 17.0 Å². The first-order valence-electron chi connectivity index (χ1n) is 8.07. The predicted octanol–water partition coefficient (Wildman–Crippen LogP) is 1.35. The highest BCUT2D eigenvalue weighted by atomic mass is 32.2. The molecule has 0 bridgehead atoms. The third kappa shape index (κ3) is 3.68. The Morgan fingerprint density at radius 3 is 2.07 bits per heavy atom. The van der Waals surface area contributed by atoms with E-state index in [4.69, 9.17) is 5.73 Å². The van der Waals surface area contributed by atoms with Crippen LogP contribution in [0.25, 0.3) is 0 Å². The highest BCUT2D eigenvalue weighted by molar-refractivity contribution is 7.94. The van der Waals surface area contributed by atoms with Gasteiger partial charge in [-0.25, -0.2) is 12.7 Å². The van der Waals surface area contributed by atoms with E-state index in [1.165, 1.54) is 36.4 Å². The molecule has 1 aliphatic rings. The molecular weight excluding hydrogens is 370 g/mol. The minimum absolute atomic E-state index is 0.201. The van der Waals surface area contributed by atoms with Crippen molar-refractivity contribution in [2.75, 3.05) is 15.4 Å². The topological polar surface area (TPSA) is 127 Å². The second-order valence-corrected chi connectivity index (χ2v) is 8.09. The smallest absolute Gasteiger partial charge is 0.255 e. The SMILES string of the molecule is C[C@@H]1CS(=O)(=O)N(c2ccc(C(=O)Nc3ccc(C(N)=O)cc3)cc2)C1=O. The number of carbonyl (C=O) groups is 3. The number of rotatable bonds is 4. The maximum absolute atomic E-state index is 12.3. The minimum Gasteiger partial charge on any atom is -0.366 e. The van der Waals surface area contributed by atoms with Gasteiger partial charge in [0, 0.05) is 16.8 Å². The number of hydrogen-bond donors (Lipinski definition) is 2. The van der Waals surface area contributed by atoms with Crippen LogP contribution in [0.2, 0.25) is 0 Å². The normalized spacial score (nSPS) is 18.3. The molecule has 3 N–H and O–H groups in total. The molecule has 1 aliphatic heterocycles. The van der Waals surface area contributed by atoms with Crippen LogP contribution in [0.3, 0.4) is 0 Å². The summed E-state index contributed by atoms with van der Waals surface area (Å²) in [6.45, 7) is 1.56. The molecule has 1 heterocycles. The molecule has 27 heavy (non-hydrogen) atoms. The van der Waals surface area contributed by atoms with Crippen LogP contribution in [0.15, 0.2) is 48.5 Å². The van der Waals surface area contributed by atoms with E-state index in [0.717, 1.165) is 4.31 Å². The average molecular weight is 387 g/mol. The summed E-state index contributed by atoms with van der Waals surface area (Å²) in [5.41, 5.74) is 6.44. The van der Waals surface area contributed by atoms with Gasteiger partial charge in [0.1, 0.15) is 0 Å². The van der Waals surface area contributed by atoms with Gasteiger partial charge in [0.15, 0.2) is 0 Å². The predicted molar refractivity (Wildman–Crippen MR) is 99.8 cm³/mol. The zero-order valence-corrected chi connectivity index (χ0v) is 15.2. The molecule has 8 nitrogen and oxygen atoms in total. The Kier molecular flexibility index (Phi) is 4.71. The molecular formula is C18H17N3O5S. The van der Waals surface area contributed by atoms with Crippen LogP contribution in [-0.2, 0) is 14.8 Å². The van der Waals surface area contributed by atoms with Crippen molar-refractivity contribution in [3.63, 3.8) is 0 Å². The van der Waals surface area contributed by atoms with E-state index < -0.39 is 33.7 Å². The summed E-state index contributed by atoms with van der Waals surface area (Å²) >= 11 is 0. The number of anilines is 2. The van der Waals surface area contributed by atoms with Gasteiger partial charge in [-0.1, -0.05) is 6.92 Å². The fourth-order valence-corrected chi connectivity index (χ4v) is 4.58. The van der Waals surface area contributed by atoms with E-state index in [1.807, 2.05) is 0 Å². The molecule has 2 aromatic rings. The molecule has 3 rings (SSSR count). The summed E-state index contributed by atoms with van der Waals surface area (Å²) in [7, 11) is -3.69. The number of hydrogen-bond acceptors (Lipinski definition) is 5. The van der Waals surface area contributed by atoms with Crippen molar-refractivity contribution >= 4 is 39.1 Å². The van der Waals surface area contributed by atoms with E-state index in [1.54, 1.807) is 19.1 Å². The Labute approximate surface area is 156 Å². The molecule has 0 spiro atoms. The first kappa shape index (κ1) is 18.6. The molecule has 3 amide bonds. The van der Waals surface area contributed by atoms with Crippen molar-refractivity contribution in [2.24, 2.45) is 11.7 Å². The summed E-state index contributed by atoms with van der Waals surface area (Å²) in [5, 5.41) is 2.66. The molecule has 0 aromatic heterocycles. The maximum atomic E-state index is 12.3. The van der Waals surface area contributed by atoms with Crippen molar-refractivity contribution in [3.05, 3.63) is 59.7 Å². The van der Waals surface area contributed by atoms with Crippen molar-refractivity contribution in [1.82, 2.24) is 0 Å². The lowest BCUT2D eigenvalue weighted by Gasteiger charge is -2.15. The second-order valence-electron chi connectivity index (χ2n) is 6.22. The van der Waals surface area contributed by atoms with Gasteiger partial charge >= 0.3 is 0 Å². The number of benzene rings is 2. The Morgan fingerprint density at radius 2 is 1.59 bits per heavy atom. The largest absolute Gasteiger partial charge is 0.366 e. The number of nitrogens with one attached hydrogen (secondary N) is 1. The van der Waals surface area contributed by atoms with Gasteiger partial charge in [-0.05, 0) is 48.5 Å². The lowest BCUT2D eigenvalue weighted by atomic mass is 10.1. The van der Waals surface area contributed by atoms with Gasteiger partial charge < -0.3 is 11.1 Å². The average Bonchev–Trinajstić information content (AvgIpc) is 2.82. The Bertz CT molecular complexity index is 1010. The summed E-state index contributed by atoms with van der Waals surface area (Å²) < 4.78 is 25.0. The van der Waals surface area contributed by atoms with E-state index in [9.17, 15) is 22.8 Å². The van der Waals surface area contributed by atoms with E-state index >= 15 is 0 Å². The molecule has 1 fully saturated rings. The van der Waals surface area contributed by atoms with Crippen LogP contribution in [0.4, 0.5) is 11.4 Å². The number of nitrogens with two attached hydrogens (primary N) is 1. The zero-order valence-electron chi connectivity index (χ0n) is 14.4. The van der Waals surface area contributed by atoms with E-state index in [2.05, 4.69) is 5.32 Å². The van der Waals surface area contributed by atoms with Crippen molar-refractivity contribution in [2.45, 2.75) is 6.92 Å². The molecule has 1 atom stereocenters. The van der Waals surface area contributed by atoms with Crippen LogP contribution >= 0.6 is 0 Å². The first-order chi connectivity index (χ1) is 12.7. The summed E-state index contributed by atoms with van der Waals surface area (Å²) in [4.78, 5) is 35.4.